The number of Topliss-reactive ketones (excluding diaryl/α,β-unsaturated/α-hetero) is 1. The Hall–Kier alpha value is -1.10. The van der Waals surface area contributed by atoms with Crippen LogP contribution in [0.1, 0.15) is 40.5 Å². The van der Waals surface area contributed by atoms with E-state index < -0.39 is 11.7 Å². The first-order valence-electron chi connectivity index (χ1n) is 5.84. The van der Waals surface area contributed by atoms with Crippen LogP contribution in [0.25, 0.3) is 0 Å². The molecule has 1 unspecified atom stereocenters. The van der Waals surface area contributed by atoms with Crippen molar-refractivity contribution >= 4 is 11.9 Å². The molecular weight excluding hydrogens is 220 g/mol. The standard InChI is InChI=1S/C12H24N2O3/c1-9(15)5-6-10(7-13)8-14-11(16)17-12(2,3)4/h10H,5-8,13H2,1-4H3,(H,14,16)/p-1. The van der Waals surface area contributed by atoms with Crippen molar-refractivity contribution in [2.75, 3.05) is 13.1 Å². The first kappa shape index (κ1) is 15.9. The molecule has 0 rings (SSSR count). The summed E-state index contributed by atoms with van der Waals surface area (Å²) in [7, 11) is 0. The molecule has 0 saturated carbocycles. The highest BCUT2D eigenvalue weighted by Crippen LogP contribution is 2.08. The van der Waals surface area contributed by atoms with E-state index >= 15 is 0 Å². The molecule has 0 saturated heterocycles. The Morgan fingerprint density at radius 1 is 1.47 bits per heavy atom. The second-order valence-corrected chi connectivity index (χ2v) is 5.16. The van der Waals surface area contributed by atoms with Gasteiger partial charge in [0.2, 0.25) is 0 Å². The van der Waals surface area contributed by atoms with E-state index in [0.29, 0.717) is 25.9 Å². The number of carbonyl (C=O) groups is 1. The minimum absolute atomic E-state index is 0.0615. The van der Waals surface area contributed by atoms with E-state index in [-0.39, 0.29) is 11.7 Å². The average molecular weight is 243 g/mol. The normalized spacial score (nSPS) is 14.5. The summed E-state index contributed by atoms with van der Waals surface area (Å²) < 4.78 is 5.04. The molecule has 0 aliphatic carbocycles. The van der Waals surface area contributed by atoms with Crippen molar-refractivity contribution in [2.24, 2.45) is 16.6 Å². The molecule has 5 heteroatoms. The first-order chi connectivity index (χ1) is 7.74. The molecule has 0 aromatic rings. The third-order valence-electron chi connectivity index (χ3n) is 2.11. The van der Waals surface area contributed by atoms with E-state index in [1.54, 1.807) is 27.7 Å². The van der Waals surface area contributed by atoms with Gasteiger partial charge in [-0.05, 0) is 25.8 Å². The summed E-state index contributed by atoms with van der Waals surface area (Å²) in [5.74, 6) is 0.187. The Bertz CT molecular complexity index is 269. The van der Waals surface area contributed by atoms with Gasteiger partial charge in [0.15, 0.2) is 0 Å². The number of nitrogens with zero attached hydrogens (tertiary/aromatic N) is 1. The Balaban J connectivity index is 4.11. The van der Waals surface area contributed by atoms with E-state index in [2.05, 4.69) is 4.99 Å². The SMILES string of the molecule is CC(=O)CCC(CN)CN=C([O-])OC(C)(C)C. The van der Waals surface area contributed by atoms with E-state index in [9.17, 15) is 9.90 Å². The number of rotatable bonds is 6. The zero-order valence-electron chi connectivity index (χ0n) is 11.2. The summed E-state index contributed by atoms with van der Waals surface area (Å²) in [6.07, 6.45) is 0.572. The summed E-state index contributed by atoms with van der Waals surface area (Å²) in [6, 6.07) is 0. The molecule has 0 aliphatic rings. The summed E-state index contributed by atoms with van der Waals surface area (Å²) in [5, 5.41) is 11.3. The monoisotopic (exact) mass is 243 g/mol. The fourth-order valence-electron chi connectivity index (χ4n) is 1.19. The van der Waals surface area contributed by atoms with Crippen LogP contribution in [-0.2, 0) is 9.53 Å². The van der Waals surface area contributed by atoms with Crippen LogP contribution in [-0.4, -0.2) is 30.6 Å². The molecule has 0 radical (unpaired) electrons. The number of nitrogens with two attached hydrogens (primary N) is 1. The van der Waals surface area contributed by atoms with Gasteiger partial charge in [-0.1, -0.05) is 20.8 Å². The number of ketones is 1. The average Bonchev–Trinajstić information content (AvgIpc) is 2.14. The third-order valence-corrected chi connectivity index (χ3v) is 2.11. The summed E-state index contributed by atoms with van der Waals surface area (Å²) in [4.78, 5) is 14.6. The maximum Gasteiger partial charge on any atom is 0.145 e. The molecule has 5 nitrogen and oxygen atoms in total. The molecule has 100 valence electrons. The molecule has 0 spiro atoms. The third kappa shape index (κ3) is 9.81. The van der Waals surface area contributed by atoms with Gasteiger partial charge in [0, 0.05) is 18.6 Å². The Labute approximate surface area is 103 Å². The molecule has 2 N–H and O–H groups in total. The topological polar surface area (TPSA) is 87.7 Å². The second-order valence-electron chi connectivity index (χ2n) is 5.16. The predicted octanol–water partition coefficient (Wildman–Crippen LogP) is 0.462. The zero-order chi connectivity index (χ0) is 13.5. The molecule has 0 aromatic carbocycles. The van der Waals surface area contributed by atoms with Crippen molar-refractivity contribution in [3.63, 3.8) is 0 Å². The van der Waals surface area contributed by atoms with E-state index in [4.69, 9.17) is 10.5 Å². The van der Waals surface area contributed by atoms with Gasteiger partial charge >= 0.3 is 0 Å². The molecule has 0 fully saturated rings. The first-order valence-corrected chi connectivity index (χ1v) is 5.84. The fourth-order valence-corrected chi connectivity index (χ4v) is 1.19. The minimum atomic E-state index is -0.571. The van der Waals surface area contributed by atoms with Crippen LogP contribution >= 0.6 is 0 Å². The van der Waals surface area contributed by atoms with Gasteiger partial charge in [-0.3, -0.25) is 4.99 Å². The van der Waals surface area contributed by atoms with Crippen LogP contribution < -0.4 is 10.8 Å². The Morgan fingerprint density at radius 2 is 2.06 bits per heavy atom. The van der Waals surface area contributed by atoms with Crippen molar-refractivity contribution < 1.29 is 14.6 Å². The number of hydrogen-bond acceptors (Lipinski definition) is 5. The number of hydrogen-bond donors (Lipinski definition) is 1. The highest BCUT2D eigenvalue weighted by Gasteiger charge is 2.08. The van der Waals surface area contributed by atoms with Gasteiger partial charge in [-0.2, -0.15) is 0 Å². The molecular formula is C12H23N2O3-. The maximum atomic E-state index is 11.3. The van der Waals surface area contributed by atoms with Crippen LogP contribution in [0, 0.1) is 5.92 Å². The summed E-state index contributed by atoms with van der Waals surface area (Å²) in [5.41, 5.74) is 5.02. The lowest BCUT2D eigenvalue weighted by Gasteiger charge is -2.29. The van der Waals surface area contributed by atoms with E-state index in [1.807, 2.05) is 0 Å². The van der Waals surface area contributed by atoms with Crippen LogP contribution in [0.2, 0.25) is 0 Å². The van der Waals surface area contributed by atoms with Crippen molar-refractivity contribution in [3.05, 3.63) is 0 Å². The van der Waals surface area contributed by atoms with Crippen LogP contribution in [0.15, 0.2) is 4.99 Å². The lowest BCUT2D eigenvalue weighted by Crippen LogP contribution is -2.32. The quantitative estimate of drug-likeness (QED) is 0.542. The largest absolute Gasteiger partial charge is 0.595 e. The van der Waals surface area contributed by atoms with Gasteiger partial charge in [-0.25, -0.2) is 0 Å². The van der Waals surface area contributed by atoms with Crippen molar-refractivity contribution in [1.82, 2.24) is 0 Å². The zero-order valence-corrected chi connectivity index (χ0v) is 11.2. The highest BCUT2D eigenvalue weighted by molar-refractivity contribution is 5.75. The van der Waals surface area contributed by atoms with E-state index in [1.165, 1.54) is 0 Å². The van der Waals surface area contributed by atoms with Crippen LogP contribution in [0.3, 0.4) is 0 Å². The van der Waals surface area contributed by atoms with Gasteiger partial charge in [0.05, 0.1) is 0 Å². The smallest absolute Gasteiger partial charge is 0.145 e. The van der Waals surface area contributed by atoms with Crippen molar-refractivity contribution in [1.29, 1.82) is 0 Å². The Morgan fingerprint density at radius 3 is 2.47 bits per heavy atom. The summed E-state index contributed by atoms with van der Waals surface area (Å²) in [6.45, 7) is 7.64. The Kier molecular flexibility index (Phi) is 6.80. The second kappa shape index (κ2) is 7.27. The van der Waals surface area contributed by atoms with E-state index in [0.717, 1.165) is 0 Å². The van der Waals surface area contributed by atoms with Gasteiger partial charge in [0.25, 0.3) is 0 Å². The number of aliphatic imine (C=N–C) groups is 1. The molecule has 0 bridgehead atoms. The summed E-state index contributed by atoms with van der Waals surface area (Å²) >= 11 is 0. The molecule has 1 atom stereocenters. The lowest BCUT2D eigenvalue weighted by molar-refractivity contribution is -0.260. The van der Waals surface area contributed by atoms with Crippen molar-refractivity contribution in [2.45, 2.75) is 46.1 Å². The number of ether oxygens (including phenoxy) is 1. The van der Waals surface area contributed by atoms with Crippen LogP contribution in [0.4, 0.5) is 0 Å². The van der Waals surface area contributed by atoms with Gasteiger partial charge in [0.1, 0.15) is 11.9 Å². The lowest BCUT2D eigenvalue weighted by atomic mass is 10.0. The van der Waals surface area contributed by atoms with Gasteiger partial charge in [-0.15, -0.1) is 0 Å². The minimum Gasteiger partial charge on any atom is -0.595 e. The maximum absolute atomic E-state index is 11.3. The van der Waals surface area contributed by atoms with Crippen molar-refractivity contribution in [3.8, 4) is 0 Å². The highest BCUT2D eigenvalue weighted by atomic mass is 16.6. The molecule has 0 aliphatic heterocycles. The van der Waals surface area contributed by atoms with Crippen LogP contribution in [0.5, 0.6) is 0 Å². The molecule has 0 aromatic heterocycles. The molecule has 17 heavy (non-hydrogen) atoms. The molecule has 0 heterocycles. The predicted molar refractivity (Wildman–Crippen MR) is 65.6 cm³/mol. The number of carbonyl (C=O) groups excluding carboxylic acids is 1. The molecule has 0 amide bonds. The fraction of sp³-hybridized carbons (Fsp3) is 0.833. The van der Waals surface area contributed by atoms with Gasteiger partial charge < -0.3 is 20.4 Å².